The van der Waals surface area contributed by atoms with Crippen LogP contribution in [0.3, 0.4) is 0 Å². The summed E-state index contributed by atoms with van der Waals surface area (Å²) in [6.07, 6.45) is 0. The van der Waals surface area contributed by atoms with Crippen molar-refractivity contribution in [1.82, 2.24) is 0 Å². The van der Waals surface area contributed by atoms with Crippen LogP contribution in [0.1, 0.15) is 11.6 Å². The minimum absolute atomic E-state index is 0.0988. The number of esters is 1. The van der Waals surface area contributed by atoms with Crippen molar-refractivity contribution in [3.8, 4) is 0 Å². The number of hydrogen-bond donors (Lipinski definition) is 1. The molecule has 0 aliphatic rings. The lowest BCUT2D eigenvalue weighted by Gasteiger charge is -2.14. The first-order valence-corrected chi connectivity index (χ1v) is 5.35. The minimum Gasteiger partial charge on any atom is -0.468 e. The van der Waals surface area contributed by atoms with Crippen molar-refractivity contribution >= 4 is 17.7 Å². The van der Waals surface area contributed by atoms with Crippen LogP contribution in [0.15, 0.2) is 29.2 Å². The fourth-order valence-corrected chi connectivity index (χ4v) is 1.92. The third-order valence-corrected chi connectivity index (χ3v) is 2.76. The number of methoxy groups -OCH3 is 1. The molecule has 1 aromatic rings. The predicted octanol–water partition coefficient (Wildman–Crippen LogP) is 2.47. The Morgan fingerprint density at radius 1 is 1.41 bits per heavy atom. The second-order valence-electron chi connectivity index (χ2n) is 3.09. The van der Waals surface area contributed by atoms with Crippen LogP contribution in [0.5, 0.6) is 0 Å². The van der Waals surface area contributed by atoms with Gasteiger partial charge in [-0.3, -0.25) is 4.79 Å². The van der Waals surface area contributed by atoms with Gasteiger partial charge in [-0.05, 0) is 23.4 Å². The molecule has 0 amide bonds. The standard InChI is InChI=1S/C10H10F3NO2S/c1-16-9(15)8(14)6-4-2-3-5-7(6)17-10(11,12)13/h2-5,8H,14H2,1H3/t8-/m0/s1. The number of hydrogen-bond acceptors (Lipinski definition) is 4. The number of thioether (sulfide) groups is 1. The summed E-state index contributed by atoms with van der Waals surface area (Å²) in [7, 11) is 1.13. The molecule has 0 aromatic heterocycles. The number of benzene rings is 1. The molecule has 1 aromatic carbocycles. The van der Waals surface area contributed by atoms with Gasteiger partial charge < -0.3 is 10.5 Å². The van der Waals surface area contributed by atoms with Crippen LogP contribution in [0, 0.1) is 0 Å². The van der Waals surface area contributed by atoms with E-state index in [4.69, 9.17) is 5.73 Å². The first-order chi connectivity index (χ1) is 7.85. The van der Waals surface area contributed by atoms with Gasteiger partial charge in [0.25, 0.3) is 0 Å². The Hall–Kier alpha value is -1.21. The molecule has 0 radical (unpaired) electrons. The summed E-state index contributed by atoms with van der Waals surface area (Å²) in [5, 5.41) is 0. The van der Waals surface area contributed by atoms with Gasteiger partial charge in [0.2, 0.25) is 0 Å². The van der Waals surface area contributed by atoms with Gasteiger partial charge in [0, 0.05) is 4.90 Å². The van der Waals surface area contributed by atoms with Crippen molar-refractivity contribution in [2.45, 2.75) is 16.4 Å². The quantitative estimate of drug-likeness (QED) is 0.673. The number of rotatable bonds is 3. The van der Waals surface area contributed by atoms with E-state index in [1.165, 1.54) is 24.3 Å². The summed E-state index contributed by atoms with van der Waals surface area (Å²) in [4.78, 5) is 11.1. The molecular weight excluding hydrogens is 255 g/mol. The molecule has 0 saturated carbocycles. The maximum atomic E-state index is 12.3. The summed E-state index contributed by atoms with van der Waals surface area (Å²) in [5.41, 5.74) is 1.19. The molecule has 3 nitrogen and oxygen atoms in total. The van der Waals surface area contributed by atoms with Gasteiger partial charge in [-0.1, -0.05) is 18.2 Å². The molecule has 0 fully saturated rings. The van der Waals surface area contributed by atoms with Crippen molar-refractivity contribution in [3.63, 3.8) is 0 Å². The summed E-state index contributed by atoms with van der Waals surface area (Å²) in [5.74, 6) is -0.778. The van der Waals surface area contributed by atoms with E-state index in [0.29, 0.717) is 0 Å². The second-order valence-corrected chi connectivity index (χ2v) is 4.19. The van der Waals surface area contributed by atoms with Crippen molar-refractivity contribution < 1.29 is 22.7 Å². The van der Waals surface area contributed by atoms with Crippen LogP contribution < -0.4 is 5.73 Å². The molecule has 0 aliphatic heterocycles. The largest absolute Gasteiger partial charge is 0.468 e. The molecule has 2 N–H and O–H groups in total. The SMILES string of the molecule is COC(=O)[C@@H](N)c1ccccc1SC(F)(F)F. The van der Waals surface area contributed by atoms with Gasteiger partial charge in [0.1, 0.15) is 6.04 Å². The Labute approximate surface area is 100 Å². The van der Waals surface area contributed by atoms with Crippen LogP contribution in [-0.2, 0) is 9.53 Å². The van der Waals surface area contributed by atoms with Gasteiger partial charge in [-0.2, -0.15) is 13.2 Å². The van der Waals surface area contributed by atoms with E-state index < -0.39 is 17.5 Å². The number of nitrogens with two attached hydrogens (primary N) is 1. The van der Waals surface area contributed by atoms with Crippen molar-refractivity contribution in [2.24, 2.45) is 5.73 Å². The lowest BCUT2D eigenvalue weighted by Crippen LogP contribution is -2.23. The van der Waals surface area contributed by atoms with E-state index in [2.05, 4.69) is 4.74 Å². The molecule has 0 bridgehead atoms. The zero-order valence-corrected chi connectivity index (χ0v) is 9.64. The molecule has 0 unspecified atom stereocenters. The smallest absolute Gasteiger partial charge is 0.446 e. The van der Waals surface area contributed by atoms with E-state index in [-0.39, 0.29) is 22.2 Å². The number of carbonyl (C=O) groups excluding carboxylic acids is 1. The van der Waals surface area contributed by atoms with E-state index in [1.54, 1.807) is 0 Å². The average molecular weight is 265 g/mol. The van der Waals surface area contributed by atoms with Crippen LogP contribution in [-0.4, -0.2) is 18.6 Å². The van der Waals surface area contributed by atoms with Gasteiger partial charge in [0.05, 0.1) is 7.11 Å². The molecule has 0 heterocycles. The van der Waals surface area contributed by atoms with Crippen LogP contribution in [0.25, 0.3) is 0 Å². The third-order valence-electron chi connectivity index (χ3n) is 1.93. The highest BCUT2D eigenvalue weighted by Gasteiger charge is 2.32. The number of carbonyl (C=O) groups is 1. The van der Waals surface area contributed by atoms with Crippen molar-refractivity contribution in [2.75, 3.05) is 7.11 Å². The van der Waals surface area contributed by atoms with Gasteiger partial charge in [-0.15, -0.1) is 0 Å². The Kier molecular flexibility index (Phi) is 4.41. The highest BCUT2D eigenvalue weighted by Crippen LogP contribution is 2.39. The van der Waals surface area contributed by atoms with Crippen LogP contribution >= 0.6 is 11.8 Å². The lowest BCUT2D eigenvalue weighted by molar-refractivity contribution is -0.142. The van der Waals surface area contributed by atoms with Crippen LogP contribution in [0.2, 0.25) is 0 Å². The summed E-state index contributed by atoms with van der Waals surface area (Å²) >= 11 is -0.304. The van der Waals surface area contributed by atoms with E-state index in [1.807, 2.05) is 0 Å². The van der Waals surface area contributed by atoms with E-state index >= 15 is 0 Å². The first-order valence-electron chi connectivity index (χ1n) is 4.53. The molecule has 0 spiro atoms. The molecule has 94 valence electrons. The topological polar surface area (TPSA) is 52.3 Å². The Balaban J connectivity index is 3.03. The van der Waals surface area contributed by atoms with Gasteiger partial charge in [-0.25, -0.2) is 0 Å². The fourth-order valence-electron chi connectivity index (χ4n) is 1.21. The molecule has 1 rings (SSSR count). The molecular formula is C10H10F3NO2S. The molecule has 0 saturated heterocycles. The maximum absolute atomic E-state index is 12.3. The zero-order chi connectivity index (χ0) is 13.1. The molecule has 1 atom stereocenters. The maximum Gasteiger partial charge on any atom is 0.446 e. The third kappa shape index (κ3) is 3.94. The minimum atomic E-state index is -4.42. The highest BCUT2D eigenvalue weighted by molar-refractivity contribution is 8.00. The Morgan fingerprint density at radius 2 is 2.00 bits per heavy atom. The van der Waals surface area contributed by atoms with Crippen molar-refractivity contribution in [3.05, 3.63) is 29.8 Å². The van der Waals surface area contributed by atoms with Gasteiger partial charge >= 0.3 is 11.5 Å². The highest BCUT2D eigenvalue weighted by atomic mass is 32.2. The lowest BCUT2D eigenvalue weighted by atomic mass is 10.1. The number of halogens is 3. The first kappa shape index (κ1) is 13.9. The summed E-state index contributed by atoms with van der Waals surface area (Å²) in [6, 6.07) is 4.37. The average Bonchev–Trinajstić information content (AvgIpc) is 2.25. The Morgan fingerprint density at radius 3 is 2.53 bits per heavy atom. The second kappa shape index (κ2) is 5.42. The molecule has 17 heavy (non-hydrogen) atoms. The van der Waals surface area contributed by atoms with Gasteiger partial charge in [0.15, 0.2) is 0 Å². The molecule has 7 heteroatoms. The summed E-state index contributed by atoms with van der Waals surface area (Å²) < 4.78 is 41.2. The monoisotopic (exact) mass is 265 g/mol. The predicted molar refractivity (Wildman–Crippen MR) is 57.3 cm³/mol. The zero-order valence-electron chi connectivity index (χ0n) is 8.82. The fraction of sp³-hybridized carbons (Fsp3) is 0.300. The van der Waals surface area contributed by atoms with Crippen molar-refractivity contribution in [1.29, 1.82) is 0 Å². The van der Waals surface area contributed by atoms with Crippen LogP contribution in [0.4, 0.5) is 13.2 Å². The normalized spacial score (nSPS) is 13.2. The number of alkyl halides is 3. The van der Waals surface area contributed by atoms with E-state index in [0.717, 1.165) is 7.11 Å². The summed E-state index contributed by atoms with van der Waals surface area (Å²) in [6.45, 7) is 0. The number of ether oxygens (including phenoxy) is 1. The van der Waals surface area contributed by atoms with E-state index in [9.17, 15) is 18.0 Å². The molecule has 0 aliphatic carbocycles. The Bertz CT molecular complexity index is 409.